The Hall–Kier alpha value is -2.27. The van der Waals surface area contributed by atoms with Crippen LogP contribution in [0, 0.1) is 0 Å². The Bertz CT molecular complexity index is 654. The molecule has 3 rings (SSSR count). The summed E-state index contributed by atoms with van der Waals surface area (Å²) >= 11 is 0. The summed E-state index contributed by atoms with van der Waals surface area (Å²) in [6, 6.07) is 11.5. The second-order valence-corrected chi connectivity index (χ2v) is 6.14. The molecular formula is C19H24N2O3. The molecule has 24 heavy (non-hydrogen) atoms. The molecule has 0 spiro atoms. The Balaban J connectivity index is 1.75. The molecule has 1 aliphatic heterocycles. The molecule has 0 saturated carbocycles. The van der Waals surface area contributed by atoms with E-state index < -0.39 is 0 Å². The Morgan fingerprint density at radius 1 is 1.29 bits per heavy atom. The lowest BCUT2D eigenvalue weighted by Gasteiger charge is -2.28. The standard InChI is InChI=1S/C19H24N2O3/c1-23-14-15-7-5-8-16(13-15)20-19(22)21-11-4-2-3-9-17(21)18-10-6-12-24-18/h5-8,10,12-13,17H,2-4,9,11,14H2,1H3,(H,20,22)/t17-/m1/s1. The summed E-state index contributed by atoms with van der Waals surface area (Å²) in [6.45, 7) is 1.28. The lowest BCUT2D eigenvalue weighted by molar-refractivity contribution is 0.179. The Morgan fingerprint density at radius 2 is 2.21 bits per heavy atom. The number of anilines is 1. The van der Waals surface area contributed by atoms with Crippen LogP contribution in [0.15, 0.2) is 47.1 Å². The molecule has 2 amide bonds. The van der Waals surface area contributed by atoms with E-state index in [-0.39, 0.29) is 12.1 Å². The fourth-order valence-electron chi connectivity index (χ4n) is 3.23. The van der Waals surface area contributed by atoms with E-state index in [0.717, 1.165) is 49.2 Å². The Morgan fingerprint density at radius 3 is 3.00 bits per heavy atom. The van der Waals surface area contributed by atoms with Crippen molar-refractivity contribution >= 4 is 11.7 Å². The van der Waals surface area contributed by atoms with Gasteiger partial charge >= 0.3 is 6.03 Å². The number of benzene rings is 1. The zero-order chi connectivity index (χ0) is 16.8. The minimum atomic E-state index is -0.0760. The van der Waals surface area contributed by atoms with Gasteiger partial charge in [0.25, 0.3) is 0 Å². The summed E-state index contributed by atoms with van der Waals surface area (Å²) in [5.41, 5.74) is 1.82. The predicted octanol–water partition coefficient (Wildman–Crippen LogP) is 4.58. The van der Waals surface area contributed by atoms with Gasteiger partial charge in [0.05, 0.1) is 18.9 Å². The number of nitrogens with zero attached hydrogens (tertiary/aromatic N) is 1. The van der Waals surface area contributed by atoms with Crippen LogP contribution in [-0.2, 0) is 11.3 Å². The number of nitrogens with one attached hydrogen (secondary N) is 1. The summed E-state index contributed by atoms with van der Waals surface area (Å²) in [4.78, 5) is 14.7. The summed E-state index contributed by atoms with van der Waals surface area (Å²) in [6.07, 6.45) is 5.88. The largest absolute Gasteiger partial charge is 0.467 e. The highest BCUT2D eigenvalue weighted by atomic mass is 16.5. The van der Waals surface area contributed by atoms with E-state index in [1.54, 1.807) is 13.4 Å². The minimum absolute atomic E-state index is 0.00431. The maximum absolute atomic E-state index is 12.8. The summed E-state index contributed by atoms with van der Waals surface area (Å²) in [7, 11) is 1.66. The van der Waals surface area contributed by atoms with Crippen molar-refractivity contribution in [3.8, 4) is 0 Å². The van der Waals surface area contributed by atoms with E-state index in [1.807, 2.05) is 41.3 Å². The molecule has 1 fully saturated rings. The number of hydrogen-bond acceptors (Lipinski definition) is 3. The maximum Gasteiger partial charge on any atom is 0.322 e. The molecule has 2 aromatic rings. The van der Waals surface area contributed by atoms with Gasteiger partial charge in [-0.3, -0.25) is 0 Å². The molecule has 1 saturated heterocycles. The van der Waals surface area contributed by atoms with Gasteiger partial charge in [-0.25, -0.2) is 4.79 Å². The van der Waals surface area contributed by atoms with Crippen LogP contribution in [0.1, 0.15) is 43.0 Å². The summed E-state index contributed by atoms with van der Waals surface area (Å²) < 4.78 is 10.7. The monoisotopic (exact) mass is 328 g/mol. The number of urea groups is 1. The van der Waals surface area contributed by atoms with Crippen molar-refractivity contribution < 1.29 is 13.9 Å². The topological polar surface area (TPSA) is 54.7 Å². The van der Waals surface area contributed by atoms with E-state index in [4.69, 9.17) is 9.15 Å². The van der Waals surface area contributed by atoms with Crippen LogP contribution in [-0.4, -0.2) is 24.6 Å². The van der Waals surface area contributed by atoms with Gasteiger partial charge in [-0.15, -0.1) is 0 Å². The van der Waals surface area contributed by atoms with Gasteiger partial charge in [-0.2, -0.15) is 0 Å². The summed E-state index contributed by atoms with van der Waals surface area (Å²) in [5.74, 6) is 0.861. The Kier molecular flexibility index (Phi) is 5.54. The van der Waals surface area contributed by atoms with Crippen LogP contribution in [0.2, 0.25) is 0 Å². The first-order chi connectivity index (χ1) is 11.8. The van der Waals surface area contributed by atoms with E-state index in [0.29, 0.717) is 6.61 Å². The molecule has 0 radical (unpaired) electrons. The molecule has 128 valence electrons. The maximum atomic E-state index is 12.8. The van der Waals surface area contributed by atoms with Gasteiger partial charge < -0.3 is 19.4 Å². The molecule has 5 heteroatoms. The van der Waals surface area contributed by atoms with Gasteiger partial charge in [-0.1, -0.05) is 25.0 Å². The van der Waals surface area contributed by atoms with Crippen LogP contribution in [0.3, 0.4) is 0 Å². The van der Waals surface area contributed by atoms with E-state index in [9.17, 15) is 4.79 Å². The van der Waals surface area contributed by atoms with Crippen molar-refractivity contribution in [1.29, 1.82) is 0 Å². The predicted molar refractivity (Wildman–Crippen MR) is 92.8 cm³/mol. The fraction of sp³-hybridized carbons (Fsp3) is 0.421. The molecule has 0 aliphatic carbocycles. The van der Waals surface area contributed by atoms with Crippen molar-refractivity contribution in [2.45, 2.75) is 38.3 Å². The number of carbonyl (C=O) groups is 1. The van der Waals surface area contributed by atoms with Crippen LogP contribution < -0.4 is 5.32 Å². The van der Waals surface area contributed by atoms with Gasteiger partial charge in [0.1, 0.15) is 5.76 Å². The van der Waals surface area contributed by atoms with Crippen molar-refractivity contribution in [1.82, 2.24) is 4.90 Å². The molecule has 0 unspecified atom stereocenters. The average Bonchev–Trinajstić information content (AvgIpc) is 2.99. The summed E-state index contributed by atoms with van der Waals surface area (Å²) in [5, 5.41) is 3.02. The molecule has 1 aromatic carbocycles. The highest BCUT2D eigenvalue weighted by molar-refractivity contribution is 5.89. The number of carbonyl (C=O) groups excluding carboxylic acids is 1. The van der Waals surface area contributed by atoms with Gasteiger partial charge in [0.15, 0.2) is 0 Å². The van der Waals surface area contributed by atoms with E-state index in [1.165, 1.54) is 0 Å². The third-order valence-electron chi connectivity index (χ3n) is 4.37. The average molecular weight is 328 g/mol. The van der Waals surface area contributed by atoms with E-state index in [2.05, 4.69) is 5.32 Å². The van der Waals surface area contributed by atoms with Crippen LogP contribution in [0.5, 0.6) is 0 Å². The molecule has 1 aliphatic rings. The molecule has 0 bridgehead atoms. The van der Waals surface area contributed by atoms with Crippen LogP contribution in [0.25, 0.3) is 0 Å². The van der Waals surface area contributed by atoms with Gasteiger partial charge in [-0.05, 0) is 42.7 Å². The van der Waals surface area contributed by atoms with Crippen molar-refractivity contribution in [2.75, 3.05) is 19.0 Å². The second-order valence-electron chi connectivity index (χ2n) is 6.14. The smallest absolute Gasteiger partial charge is 0.322 e. The lowest BCUT2D eigenvalue weighted by atomic mass is 10.1. The normalized spacial score (nSPS) is 18.2. The van der Waals surface area contributed by atoms with Gasteiger partial charge in [0.2, 0.25) is 0 Å². The number of rotatable bonds is 4. The lowest BCUT2D eigenvalue weighted by Crippen LogP contribution is -2.37. The number of likely N-dealkylation sites (tertiary alicyclic amines) is 1. The zero-order valence-electron chi connectivity index (χ0n) is 14.0. The van der Waals surface area contributed by atoms with Crippen molar-refractivity contribution in [3.05, 3.63) is 54.0 Å². The highest BCUT2D eigenvalue weighted by Crippen LogP contribution is 2.31. The first kappa shape index (κ1) is 16.6. The molecule has 1 N–H and O–H groups in total. The Labute approximate surface area is 142 Å². The van der Waals surface area contributed by atoms with Gasteiger partial charge in [0, 0.05) is 19.3 Å². The fourth-order valence-corrected chi connectivity index (χ4v) is 3.23. The SMILES string of the molecule is COCc1cccc(NC(=O)N2CCCCC[C@@H]2c2ccco2)c1. The molecule has 1 aromatic heterocycles. The molecule has 1 atom stereocenters. The number of amides is 2. The molecule has 2 heterocycles. The first-order valence-electron chi connectivity index (χ1n) is 8.47. The van der Waals surface area contributed by atoms with Crippen LogP contribution in [0.4, 0.5) is 10.5 Å². The number of ether oxygens (including phenoxy) is 1. The van der Waals surface area contributed by atoms with Crippen LogP contribution >= 0.6 is 0 Å². The third-order valence-corrected chi connectivity index (χ3v) is 4.37. The first-order valence-corrected chi connectivity index (χ1v) is 8.47. The zero-order valence-corrected chi connectivity index (χ0v) is 14.0. The van der Waals surface area contributed by atoms with E-state index >= 15 is 0 Å². The quantitative estimate of drug-likeness (QED) is 0.894. The minimum Gasteiger partial charge on any atom is -0.467 e. The number of methoxy groups -OCH3 is 1. The van der Waals surface area contributed by atoms with Crippen molar-refractivity contribution in [2.24, 2.45) is 0 Å². The third kappa shape index (κ3) is 3.97. The number of hydrogen-bond donors (Lipinski definition) is 1. The molecule has 5 nitrogen and oxygen atoms in total. The second kappa shape index (κ2) is 8.02. The molecular weight excluding hydrogens is 304 g/mol. The number of furan rings is 1. The highest BCUT2D eigenvalue weighted by Gasteiger charge is 2.28. The van der Waals surface area contributed by atoms with Crippen molar-refractivity contribution in [3.63, 3.8) is 0 Å².